The summed E-state index contributed by atoms with van der Waals surface area (Å²) in [5.74, 6) is -0.0981. The number of halogens is 1. The first kappa shape index (κ1) is 12.1. The van der Waals surface area contributed by atoms with E-state index in [0.29, 0.717) is 0 Å². The van der Waals surface area contributed by atoms with Gasteiger partial charge in [-0.3, -0.25) is 0 Å². The number of carboxylic acid groups (broad SMARTS) is 1. The van der Waals surface area contributed by atoms with Crippen molar-refractivity contribution in [1.29, 1.82) is 0 Å². The molecule has 0 unspecified atom stereocenters. The molecule has 0 aromatic carbocycles. The first-order chi connectivity index (χ1) is 7.80. The third kappa shape index (κ3) is 2.07. The molecule has 1 N–H and O–H groups in total. The van der Waals surface area contributed by atoms with Gasteiger partial charge in [0.1, 0.15) is 10.4 Å². The molecule has 2 aromatic rings. The Bertz CT molecular complexity index is 596. The summed E-state index contributed by atoms with van der Waals surface area (Å²) >= 11 is 3.39. The minimum absolute atomic E-state index is 0.147. The molecule has 0 atom stereocenters. The fourth-order valence-electron chi connectivity index (χ4n) is 1.70. The Morgan fingerprint density at radius 2 is 2.06 bits per heavy atom. The lowest BCUT2D eigenvalue weighted by Crippen LogP contribution is -2.16. The van der Waals surface area contributed by atoms with Gasteiger partial charge in [0.25, 0.3) is 0 Å². The van der Waals surface area contributed by atoms with Crippen LogP contribution in [0, 0.1) is 0 Å². The summed E-state index contributed by atoms with van der Waals surface area (Å²) in [6, 6.07) is 3.34. The molecule has 2 heterocycles. The molecule has 0 spiro atoms. The molecule has 0 amide bonds. The largest absolute Gasteiger partial charge is 0.478 e. The minimum atomic E-state index is -0.934. The van der Waals surface area contributed by atoms with Gasteiger partial charge in [-0.25, -0.2) is 9.78 Å². The number of pyridine rings is 1. The van der Waals surface area contributed by atoms with E-state index in [4.69, 9.17) is 5.11 Å². The van der Waals surface area contributed by atoms with Crippen molar-refractivity contribution < 1.29 is 9.90 Å². The van der Waals surface area contributed by atoms with Gasteiger partial charge >= 0.3 is 5.97 Å². The van der Waals surface area contributed by atoms with Crippen LogP contribution in [0.4, 0.5) is 0 Å². The number of aromatic nitrogens is 2. The summed E-state index contributed by atoms with van der Waals surface area (Å²) in [7, 11) is 0. The highest BCUT2D eigenvalue weighted by atomic mass is 79.9. The maximum absolute atomic E-state index is 11.0. The first-order valence-corrected chi connectivity index (χ1v) is 6.01. The van der Waals surface area contributed by atoms with E-state index in [1.54, 1.807) is 18.3 Å². The van der Waals surface area contributed by atoms with Gasteiger partial charge in [-0.2, -0.15) is 0 Å². The Morgan fingerprint density at radius 1 is 1.41 bits per heavy atom. The molecule has 5 heteroatoms. The second kappa shape index (κ2) is 3.84. The zero-order valence-electron chi connectivity index (χ0n) is 9.86. The van der Waals surface area contributed by atoms with Gasteiger partial charge in [0.05, 0.1) is 11.1 Å². The Hall–Kier alpha value is -1.36. The summed E-state index contributed by atoms with van der Waals surface area (Å²) < 4.78 is 2.56. The molecule has 0 aliphatic heterocycles. The van der Waals surface area contributed by atoms with Gasteiger partial charge in [0, 0.05) is 11.6 Å². The molecule has 4 nitrogen and oxygen atoms in total. The van der Waals surface area contributed by atoms with Crippen LogP contribution >= 0.6 is 15.9 Å². The summed E-state index contributed by atoms with van der Waals surface area (Å²) in [5, 5.41) is 9.00. The van der Waals surface area contributed by atoms with Gasteiger partial charge < -0.3 is 9.51 Å². The maximum atomic E-state index is 11.0. The van der Waals surface area contributed by atoms with Crippen LogP contribution in [-0.2, 0) is 5.41 Å². The molecule has 90 valence electrons. The molecule has 0 aliphatic rings. The van der Waals surface area contributed by atoms with Crippen molar-refractivity contribution in [3.8, 4) is 0 Å². The fraction of sp³-hybridized carbons (Fsp3) is 0.333. The lowest BCUT2D eigenvalue weighted by molar-refractivity contribution is 0.0696. The zero-order chi connectivity index (χ0) is 12.8. The topological polar surface area (TPSA) is 54.6 Å². The van der Waals surface area contributed by atoms with Gasteiger partial charge in [0.15, 0.2) is 0 Å². The predicted octanol–water partition coefficient (Wildman–Crippen LogP) is 3.09. The molecule has 0 aliphatic carbocycles. The molecule has 0 bridgehead atoms. The van der Waals surface area contributed by atoms with Crippen LogP contribution in [0.1, 0.15) is 37.0 Å². The van der Waals surface area contributed by atoms with Crippen LogP contribution < -0.4 is 0 Å². The number of aromatic carboxylic acids is 1. The Balaban J connectivity index is 2.78. The molecular weight excluding hydrogens is 284 g/mol. The Morgan fingerprint density at radius 3 is 2.59 bits per heavy atom. The highest BCUT2D eigenvalue weighted by Crippen LogP contribution is 2.27. The number of carbonyl (C=O) groups is 1. The summed E-state index contributed by atoms with van der Waals surface area (Å²) in [6.45, 7) is 6.13. The van der Waals surface area contributed by atoms with E-state index in [1.165, 1.54) is 0 Å². The lowest BCUT2D eigenvalue weighted by atomic mass is 9.96. The Labute approximate surface area is 107 Å². The van der Waals surface area contributed by atoms with Gasteiger partial charge in [-0.05, 0) is 28.1 Å². The monoisotopic (exact) mass is 296 g/mol. The first-order valence-electron chi connectivity index (χ1n) is 5.22. The second-order valence-corrected chi connectivity index (χ2v) is 5.71. The van der Waals surface area contributed by atoms with Crippen LogP contribution in [-0.4, -0.2) is 20.5 Å². The molecule has 0 fully saturated rings. The number of carboxylic acids is 1. The number of imidazole rings is 1. The van der Waals surface area contributed by atoms with E-state index >= 15 is 0 Å². The molecule has 2 rings (SSSR count). The highest BCUT2D eigenvalue weighted by molar-refractivity contribution is 9.10. The van der Waals surface area contributed by atoms with Crippen LogP contribution in [0.3, 0.4) is 0 Å². The van der Waals surface area contributed by atoms with E-state index in [0.717, 1.165) is 15.9 Å². The normalized spacial score (nSPS) is 12.0. The number of fused-ring (bicyclic) bond motifs is 1. The number of nitrogens with zero attached hydrogens (tertiary/aromatic N) is 2. The van der Waals surface area contributed by atoms with Crippen LogP contribution in [0.25, 0.3) is 5.52 Å². The molecule has 2 aromatic heterocycles. The van der Waals surface area contributed by atoms with Crippen LogP contribution in [0.15, 0.2) is 22.9 Å². The number of rotatable bonds is 1. The molecular formula is C12H13BrN2O2. The third-order valence-corrected chi connectivity index (χ3v) is 3.09. The van der Waals surface area contributed by atoms with Gasteiger partial charge in [-0.15, -0.1) is 0 Å². The average molecular weight is 297 g/mol. The van der Waals surface area contributed by atoms with E-state index in [2.05, 4.69) is 20.9 Å². The van der Waals surface area contributed by atoms with Gasteiger partial charge in [-0.1, -0.05) is 20.8 Å². The van der Waals surface area contributed by atoms with Crippen molar-refractivity contribution in [2.75, 3.05) is 0 Å². The summed E-state index contributed by atoms with van der Waals surface area (Å²) in [4.78, 5) is 15.4. The van der Waals surface area contributed by atoms with E-state index in [1.807, 2.05) is 25.2 Å². The fourth-order valence-corrected chi connectivity index (χ4v) is 2.19. The van der Waals surface area contributed by atoms with E-state index in [-0.39, 0.29) is 11.0 Å². The molecule has 0 saturated carbocycles. The molecule has 0 saturated heterocycles. The lowest BCUT2D eigenvalue weighted by Gasteiger charge is -2.16. The molecule has 17 heavy (non-hydrogen) atoms. The van der Waals surface area contributed by atoms with Crippen molar-refractivity contribution >= 4 is 27.4 Å². The highest BCUT2D eigenvalue weighted by Gasteiger charge is 2.22. The Kier molecular flexibility index (Phi) is 2.73. The van der Waals surface area contributed by atoms with Crippen molar-refractivity contribution in [2.45, 2.75) is 26.2 Å². The van der Waals surface area contributed by atoms with Crippen molar-refractivity contribution in [1.82, 2.24) is 9.38 Å². The van der Waals surface area contributed by atoms with E-state index < -0.39 is 5.97 Å². The molecule has 0 radical (unpaired) electrons. The maximum Gasteiger partial charge on any atom is 0.337 e. The number of hydrogen-bond acceptors (Lipinski definition) is 2. The van der Waals surface area contributed by atoms with Crippen molar-refractivity contribution in [3.63, 3.8) is 0 Å². The summed E-state index contributed by atoms with van der Waals surface area (Å²) in [6.07, 6.45) is 1.61. The smallest absolute Gasteiger partial charge is 0.337 e. The third-order valence-electron chi connectivity index (χ3n) is 2.51. The van der Waals surface area contributed by atoms with Crippen molar-refractivity contribution in [3.05, 3.63) is 34.3 Å². The summed E-state index contributed by atoms with van der Waals surface area (Å²) in [5.41, 5.74) is 0.985. The minimum Gasteiger partial charge on any atom is -0.478 e. The quantitative estimate of drug-likeness (QED) is 0.880. The van der Waals surface area contributed by atoms with Gasteiger partial charge in [0.2, 0.25) is 0 Å². The zero-order valence-corrected chi connectivity index (χ0v) is 11.4. The van der Waals surface area contributed by atoms with Crippen LogP contribution in [0.2, 0.25) is 0 Å². The average Bonchev–Trinajstić information content (AvgIpc) is 2.55. The van der Waals surface area contributed by atoms with Crippen molar-refractivity contribution in [2.24, 2.45) is 0 Å². The second-order valence-electron chi connectivity index (χ2n) is 4.95. The SMILES string of the molecule is CC(C)(C)c1nc(Br)c2ccc(C(=O)O)cn12. The predicted molar refractivity (Wildman–Crippen MR) is 68.6 cm³/mol. The van der Waals surface area contributed by atoms with E-state index in [9.17, 15) is 4.79 Å². The number of hydrogen-bond donors (Lipinski definition) is 1. The standard InChI is InChI=1S/C12H13BrN2O2/c1-12(2,3)11-14-9(13)8-5-4-7(10(16)17)6-15(8)11/h4-6H,1-3H3,(H,16,17). The van der Waals surface area contributed by atoms with Crippen LogP contribution in [0.5, 0.6) is 0 Å².